The fourth-order valence-corrected chi connectivity index (χ4v) is 1.40. The molecule has 3 nitrogen and oxygen atoms in total. The molecule has 3 heteroatoms. The van der Waals surface area contributed by atoms with Gasteiger partial charge in [0.1, 0.15) is 5.54 Å². The molecule has 0 aromatic carbocycles. The molecule has 0 amide bonds. The first-order chi connectivity index (χ1) is 7.08. The summed E-state index contributed by atoms with van der Waals surface area (Å²) in [5.41, 5.74) is -0.395. The normalized spacial score (nSPS) is 16.7. The van der Waals surface area contributed by atoms with Gasteiger partial charge in [-0.2, -0.15) is 5.26 Å². The van der Waals surface area contributed by atoms with Crippen LogP contribution in [0.25, 0.3) is 0 Å². The van der Waals surface area contributed by atoms with E-state index in [0.717, 1.165) is 32.4 Å². The number of hydrogen-bond donors (Lipinski definition) is 1. The molecule has 0 aromatic rings. The SMILES string of the molecule is CCNC(C)(C#N)CCCOC(C)CC. The summed E-state index contributed by atoms with van der Waals surface area (Å²) in [6.45, 7) is 9.73. The third kappa shape index (κ3) is 6.48. The van der Waals surface area contributed by atoms with Gasteiger partial charge >= 0.3 is 0 Å². The van der Waals surface area contributed by atoms with Crippen molar-refractivity contribution >= 4 is 0 Å². The predicted molar refractivity (Wildman–Crippen MR) is 62.6 cm³/mol. The van der Waals surface area contributed by atoms with Crippen LogP contribution < -0.4 is 5.32 Å². The highest BCUT2D eigenvalue weighted by molar-refractivity contribution is 5.03. The zero-order valence-electron chi connectivity index (χ0n) is 10.5. The summed E-state index contributed by atoms with van der Waals surface area (Å²) in [5, 5.41) is 12.2. The standard InChI is InChI=1S/C12H24N2O/c1-5-11(3)15-9-7-8-12(4,10-13)14-6-2/h11,14H,5-9H2,1-4H3. The van der Waals surface area contributed by atoms with Crippen molar-refractivity contribution in [3.05, 3.63) is 0 Å². The van der Waals surface area contributed by atoms with Crippen molar-refractivity contribution in [2.24, 2.45) is 0 Å². The Bertz CT molecular complexity index is 200. The van der Waals surface area contributed by atoms with Crippen LogP contribution in [-0.2, 0) is 4.74 Å². The molecule has 0 aliphatic rings. The maximum absolute atomic E-state index is 9.02. The van der Waals surface area contributed by atoms with E-state index in [2.05, 4.69) is 25.2 Å². The van der Waals surface area contributed by atoms with Gasteiger partial charge in [0.25, 0.3) is 0 Å². The monoisotopic (exact) mass is 212 g/mol. The molecule has 0 rings (SSSR count). The van der Waals surface area contributed by atoms with E-state index in [4.69, 9.17) is 10.00 Å². The van der Waals surface area contributed by atoms with Crippen LogP contribution in [0.2, 0.25) is 0 Å². The van der Waals surface area contributed by atoms with Crippen LogP contribution in [-0.4, -0.2) is 24.8 Å². The molecule has 0 saturated heterocycles. The second-order valence-electron chi connectivity index (χ2n) is 4.17. The molecular weight excluding hydrogens is 188 g/mol. The van der Waals surface area contributed by atoms with Crippen LogP contribution in [0.5, 0.6) is 0 Å². The van der Waals surface area contributed by atoms with Crippen molar-refractivity contribution in [2.75, 3.05) is 13.2 Å². The van der Waals surface area contributed by atoms with E-state index < -0.39 is 5.54 Å². The molecule has 2 unspecified atom stereocenters. The first-order valence-corrected chi connectivity index (χ1v) is 5.85. The average Bonchev–Trinajstić information content (AvgIpc) is 2.24. The first kappa shape index (κ1) is 14.4. The highest BCUT2D eigenvalue weighted by Gasteiger charge is 2.21. The van der Waals surface area contributed by atoms with Gasteiger partial charge in [-0.25, -0.2) is 0 Å². The Labute approximate surface area is 93.8 Å². The topological polar surface area (TPSA) is 45.0 Å². The fourth-order valence-electron chi connectivity index (χ4n) is 1.40. The van der Waals surface area contributed by atoms with E-state index in [1.807, 2.05) is 13.8 Å². The van der Waals surface area contributed by atoms with E-state index in [0.29, 0.717) is 6.10 Å². The van der Waals surface area contributed by atoms with Gasteiger partial charge in [0.05, 0.1) is 12.2 Å². The smallest absolute Gasteiger partial charge is 0.104 e. The van der Waals surface area contributed by atoms with Crippen molar-refractivity contribution in [2.45, 2.75) is 58.6 Å². The van der Waals surface area contributed by atoms with Gasteiger partial charge in [-0.05, 0) is 39.7 Å². The van der Waals surface area contributed by atoms with Crippen LogP contribution in [0.15, 0.2) is 0 Å². The minimum absolute atomic E-state index is 0.331. The molecule has 88 valence electrons. The highest BCUT2D eigenvalue weighted by Crippen LogP contribution is 2.11. The van der Waals surface area contributed by atoms with E-state index in [9.17, 15) is 0 Å². The second-order valence-corrected chi connectivity index (χ2v) is 4.17. The van der Waals surface area contributed by atoms with Gasteiger partial charge in [-0.1, -0.05) is 13.8 Å². The van der Waals surface area contributed by atoms with Gasteiger partial charge in [0.15, 0.2) is 0 Å². The van der Waals surface area contributed by atoms with Gasteiger partial charge in [-0.3, -0.25) is 5.32 Å². The average molecular weight is 212 g/mol. The number of hydrogen-bond acceptors (Lipinski definition) is 3. The molecule has 0 aliphatic carbocycles. The van der Waals surface area contributed by atoms with Crippen LogP contribution in [0.1, 0.15) is 47.0 Å². The van der Waals surface area contributed by atoms with Crippen LogP contribution >= 0.6 is 0 Å². The van der Waals surface area contributed by atoms with Gasteiger partial charge in [0.2, 0.25) is 0 Å². The Kier molecular flexibility index (Phi) is 7.37. The van der Waals surface area contributed by atoms with Gasteiger partial charge in [0, 0.05) is 6.61 Å². The van der Waals surface area contributed by atoms with Crippen LogP contribution in [0.4, 0.5) is 0 Å². The Balaban J connectivity index is 3.69. The molecule has 0 heterocycles. The molecule has 0 saturated carbocycles. The molecule has 0 aromatic heterocycles. The van der Waals surface area contributed by atoms with Gasteiger partial charge < -0.3 is 4.74 Å². The summed E-state index contributed by atoms with van der Waals surface area (Å²) in [5.74, 6) is 0. The van der Waals surface area contributed by atoms with Crippen molar-refractivity contribution in [3.8, 4) is 6.07 Å². The molecule has 0 bridgehead atoms. The van der Waals surface area contributed by atoms with E-state index in [1.54, 1.807) is 0 Å². The number of nitriles is 1. The molecule has 15 heavy (non-hydrogen) atoms. The third-order valence-corrected chi connectivity index (χ3v) is 2.61. The highest BCUT2D eigenvalue weighted by atomic mass is 16.5. The Morgan fingerprint density at radius 3 is 2.60 bits per heavy atom. The quantitative estimate of drug-likeness (QED) is 0.629. The zero-order chi connectivity index (χ0) is 11.7. The lowest BCUT2D eigenvalue weighted by molar-refractivity contribution is 0.0587. The molecule has 1 N–H and O–H groups in total. The van der Waals surface area contributed by atoms with Crippen LogP contribution in [0, 0.1) is 11.3 Å². The largest absolute Gasteiger partial charge is 0.379 e. The predicted octanol–water partition coefficient (Wildman–Crippen LogP) is 2.47. The first-order valence-electron chi connectivity index (χ1n) is 5.85. The Morgan fingerprint density at radius 1 is 1.47 bits per heavy atom. The fraction of sp³-hybridized carbons (Fsp3) is 0.917. The maximum atomic E-state index is 9.02. The molecule has 2 atom stereocenters. The van der Waals surface area contributed by atoms with Crippen molar-refractivity contribution in [1.29, 1.82) is 5.26 Å². The summed E-state index contributed by atoms with van der Waals surface area (Å²) in [6, 6.07) is 2.31. The lowest BCUT2D eigenvalue weighted by atomic mass is 9.98. The molecule has 0 spiro atoms. The van der Waals surface area contributed by atoms with Gasteiger partial charge in [-0.15, -0.1) is 0 Å². The Morgan fingerprint density at radius 2 is 2.13 bits per heavy atom. The lowest BCUT2D eigenvalue weighted by Crippen LogP contribution is -2.40. The van der Waals surface area contributed by atoms with E-state index in [-0.39, 0.29) is 0 Å². The third-order valence-electron chi connectivity index (χ3n) is 2.61. The number of ether oxygens (including phenoxy) is 1. The van der Waals surface area contributed by atoms with Crippen molar-refractivity contribution < 1.29 is 4.74 Å². The number of rotatable bonds is 8. The summed E-state index contributed by atoms with van der Waals surface area (Å²) in [6.07, 6.45) is 3.15. The number of nitrogens with zero attached hydrogens (tertiary/aromatic N) is 1. The summed E-state index contributed by atoms with van der Waals surface area (Å²) < 4.78 is 5.57. The summed E-state index contributed by atoms with van der Waals surface area (Å²) in [7, 11) is 0. The van der Waals surface area contributed by atoms with E-state index in [1.165, 1.54) is 0 Å². The zero-order valence-corrected chi connectivity index (χ0v) is 10.5. The summed E-state index contributed by atoms with van der Waals surface area (Å²) in [4.78, 5) is 0. The maximum Gasteiger partial charge on any atom is 0.104 e. The van der Waals surface area contributed by atoms with Crippen LogP contribution in [0.3, 0.4) is 0 Å². The lowest BCUT2D eigenvalue weighted by Gasteiger charge is -2.22. The molecule has 0 fully saturated rings. The summed E-state index contributed by atoms with van der Waals surface area (Å²) >= 11 is 0. The van der Waals surface area contributed by atoms with Crippen molar-refractivity contribution in [3.63, 3.8) is 0 Å². The molecular formula is C12H24N2O. The number of nitrogens with one attached hydrogen (secondary N) is 1. The molecule has 0 aliphatic heterocycles. The molecule has 0 radical (unpaired) electrons. The van der Waals surface area contributed by atoms with Crippen molar-refractivity contribution in [1.82, 2.24) is 5.32 Å². The minimum Gasteiger partial charge on any atom is -0.379 e. The Hall–Kier alpha value is -0.590. The second kappa shape index (κ2) is 7.67. The van der Waals surface area contributed by atoms with E-state index >= 15 is 0 Å². The minimum atomic E-state index is -0.395.